The maximum Gasteiger partial charge on any atom is 0.248 e. The number of nitrogens with zero attached hydrogens (tertiary/aromatic N) is 1. The molecule has 1 heterocycles. The summed E-state index contributed by atoms with van der Waals surface area (Å²) in [6, 6.07) is 19.5. The van der Waals surface area contributed by atoms with Gasteiger partial charge in [0.1, 0.15) is 17.6 Å². The fourth-order valence-corrected chi connectivity index (χ4v) is 5.80. The van der Waals surface area contributed by atoms with Crippen LogP contribution < -0.4 is 10.5 Å². The van der Waals surface area contributed by atoms with Crippen LogP contribution in [0.15, 0.2) is 60.7 Å². The van der Waals surface area contributed by atoms with Crippen molar-refractivity contribution >= 4 is 17.1 Å². The van der Waals surface area contributed by atoms with Crippen LogP contribution in [0.25, 0.3) is 11.1 Å². The Morgan fingerprint density at radius 3 is 2.61 bits per heavy atom. The second-order valence-corrected chi connectivity index (χ2v) is 10.3. The second-order valence-electron chi connectivity index (χ2n) is 10.3. The molecule has 1 aliphatic carbocycles. The normalized spacial score (nSPS) is 17.8. The monoisotopic (exact) mass is 514 g/mol. The molecule has 2 aliphatic rings. The Morgan fingerprint density at radius 2 is 1.87 bits per heavy atom. The molecule has 3 N–H and O–H groups in total. The zero-order chi connectivity index (χ0) is 26.6. The van der Waals surface area contributed by atoms with Gasteiger partial charge in [0.2, 0.25) is 5.91 Å². The minimum absolute atomic E-state index is 0.112. The number of allylic oxidation sites excluding steroid dienone is 1. The summed E-state index contributed by atoms with van der Waals surface area (Å²) in [4.78, 5) is 14.2. The number of benzene rings is 3. The van der Waals surface area contributed by atoms with E-state index in [1.165, 1.54) is 5.57 Å². The number of carbonyl (C=O) groups excluding carboxylic acids is 1. The number of ether oxygens (including phenoxy) is 1. The second kappa shape index (κ2) is 11.4. The molecule has 3 aromatic rings. The van der Waals surface area contributed by atoms with Gasteiger partial charge in [0, 0.05) is 25.2 Å². The number of hydrogen-bond acceptors (Lipinski definition) is 4. The molecule has 3 aromatic carbocycles. The van der Waals surface area contributed by atoms with Crippen molar-refractivity contribution in [3.05, 3.63) is 94.0 Å². The zero-order valence-corrected chi connectivity index (χ0v) is 21.9. The minimum Gasteiger partial charge on any atom is -0.508 e. The van der Waals surface area contributed by atoms with E-state index in [1.807, 2.05) is 37.3 Å². The molecule has 1 saturated heterocycles. The maximum atomic E-state index is 12.5. The molecule has 38 heavy (non-hydrogen) atoms. The lowest BCUT2D eigenvalue weighted by Gasteiger charge is -2.19. The summed E-state index contributed by atoms with van der Waals surface area (Å²) in [5, 5.41) is 10.0. The average molecular weight is 515 g/mol. The SMILES string of the molecule is Cc1cc(O)ccc1C1=C(c2ccc(OC3CCN(CCCF)C3)cc2)c2ccc(C(N)=O)cc2CCC1. The van der Waals surface area contributed by atoms with Crippen molar-refractivity contribution in [1.29, 1.82) is 0 Å². The van der Waals surface area contributed by atoms with E-state index in [0.717, 1.165) is 84.5 Å². The summed E-state index contributed by atoms with van der Waals surface area (Å²) in [6.45, 7) is 4.29. The Labute approximate surface area is 223 Å². The molecule has 5 rings (SSSR count). The van der Waals surface area contributed by atoms with Crippen LogP contribution in [0.2, 0.25) is 0 Å². The van der Waals surface area contributed by atoms with Crippen molar-refractivity contribution in [2.45, 2.75) is 45.1 Å². The van der Waals surface area contributed by atoms with Gasteiger partial charge in [-0.1, -0.05) is 24.3 Å². The van der Waals surface area contributed by atoms with E-state index in [-0.39, 0.29) is 18.5 Å². The Morgan fingerprint density at radius 1 is 1.08 bits per heavy atom. The predicted octanol–water partition coefficient (Wildman–Crippen LogP) is 5.91. The summed E-state index contributed by atoms with van der Waals surface area (Å²) >= 11 is 0. The van der Waals surface area contributed by atoms with Crippen molar-refractivity contribution in [2.24, 2.45) is 5.73 Å². The molecular weight excluding hydrogens is 479 g/mol. The molecule has 1 amide bonds. The van der Waals surface area contributed by atoms with Gasteiger partial charge in [0.05, 0.1) is 6.67 Å². The van der Waals surface area contributed by atoms with Crippen LogP contribution in [0.4, 0.5) is 4.39 Å². The van der Waals surface area contributed by atoms with Crippen molar-refractivity contribution in [2.75, 3.05) is 26.3 Å². The third-order valence-electron chi connectivity index (χ3n) is 7.65. The van der Waals surface area contributed by atoms with E-state index in [4.69, 9.17) is 10.5 Å². The lowest BCUT2D eigenvalue weighted by Crippen LogP contribution is -2.26. The molecule has 1 atom stereocenters. The van der Waals surface area contributed by atoms with Crippen LogP contribution in [0.3, 0.4) is 0 Å². The number of halogens is 1. The summed E-state index contributed by atoms with van der Waals surface area (Å²) in [5.41, 5.74) is 13.9. The molecule has 0 aromatic heterocycles. The molecule has 0 spiro atoms. The van der Waals surface area contributed by atoms with E-state index in [2.05, 4.69) is 17.0 Å². The largest absolute Gasteiger partial charge is 0.508 e. The van der Waals surface area contributed by atoms with Crippen LogP contribution in [-0.4, -0.2) is 48.3 Å². The lowest BCUT2D eigenvalue weighted by atomic mass is 9.86. The molecule has 1 aliphatic heterocycles. The molecule has 1 unspecified atom stereocenters. The standard InChI is InChI=1S/C32H35FN2O3/c1-21-18-25(36)9-13-28(21)30-5-2-4-23-19-24(32(34)37)8-12-29(23)31(30)22-6-10-26(11-7-22)38-27-14-17-35(20-27)16-3-15-33/h6-13,18-19,27,36H,2-5,14-17,20H2,1H3,(H2,34,37). The van der Waals surface area contributed by atoms with E-state index in [0.29, 0.717) is 12.0 Å². The van der Waals surface area contributed by atoms with E-state index >= 15 is 0 Å². The lowest BCUT2D eigenvalue weighted by molar-refractivity contribution is 0.1000. The fraction of sp³-hybridized carbons (Fsp3) is 0.344. The van der Waals surface area contributed by atoms with Crippen LogP contribution in [0.1, 0.15) is 63.9 Å². The van der Waals surface area contributed by atoms with Gasteiger partial charge in [0.25, 0.3) is 0 Å². The van der Waals surface area contributed by atoms with Crippen LogP contribution in [-0.2, 0) is 6.42 Å². The number of hydrogen-bond donors (Lipinski definition) is 2. The number of likely N-dealkylation sites (tertiary alicyclic amines) is 1. The number of aromatic hydroxyl groups is 1. The van der Waals surface area contributed by atoms with Crippen LogP contribution in [0.5, 0.6) is 11.5 Å². The third-order valence-corrected chi connectivity index (χ3v) is 7.65. The fourth-order valence-electron chi connectivity index (χ4n) is 5.80. The number of aryl methyl sites for hydroxylation is 2. The van der Waals surface area contributed by atoms with Crippen LogP contribution >= 0.6 is 0 Å². The number of phenols is 1. The Balaban J connectivity index is 1.51. The van der Waals surface area contributed by atoms with Crippen molar-refractivity contribution in [1.82, 2.24) is 4.90 Å². The Kier molecular flexibility index (Phi) is 7.79. The summed E-state index contributed by atoms with van der Waals surface area (Å²) in [7, 11) is 0. The first-order chi connectivity index (χ1) is 18.4. The number of nitrogens with two attached hydrogens (primary N) is 1. The van der Waals surface area contributed by atoms with Crippen molar-refractivity contribution in [3.63, 3.8) is 0 Å². The highest BCUT2D eigenvalue weighted by atomic mass is 19.1. The van der Waals surface area contributed by atoms with E-state index in [1.54, 1.807) is 18.2 Å². The number of primary amides is 1. The van der Waals surface area contributed by atoms with Gasteiger partial charge < -0.3 is 15.6 Å². The van der Waals surface area contributed by atoms with E-state index < -0.39 is 5.91 Å². The van der Waals surface area contributed by atoms with Crippen molar-refractivity contribution < 1.29 is 19.0 Å². The first-order valence-electron chi connectivity index (χ1n) is 13.4. The first-order valence-corrected chi connectivity index (χ1v) is 13.4. The number of alkyl halides is 1. The highest BCUT2D eigenvalue weighted by Gasteiger charge is 2.25. The molecule has 198 valence electrons. The molecular formula is C32H35FN2O3. The highest BCUT2D eigenvalue weighted by Crippen LogP contribution is 2.41. The smallest absolute Gasteiger partial charge is 0.248 e. The topological polar surface area (TPSA) is 75.8 Å². The molecule has 1 fully saturated rings. The first kappa shape index (κ1) is 26.0. The van der Waals surface area contributed by atoms with Gasteiger partial charge in [-0.25, -0.2) is 0 Å². The Hall–Kier alpha value is -3.64. The van der Waals surface area contributed by atoms with Gasteiger partial charge in [-0.3, -0.25) is 14.1 Å². The third kappa shape index (κ3) is 5.60. The molecule has 0 saturated carbocycles. The van der Waals surface area contributed by atoms with Gasteiger partial charge in [0.15, 0.2) is 0 Å². The molecule has 0 bridgehead atoms. The molecule has 5 nitrogen and oxygen atoms in total. The highest BCUT2D eigenvalue weighted by molar-refractivity contribution is 6.01. The number of amides is 1. The molecule has 0 radical (unpaired) electrons. The van der Waals surface area contributed by atoms with Gasteiger partial charge in [-0.2, -0.15) is 0 Å². The Bertz CT molecular complexity index is 1350. The minimum atomic E-state index is -0.422. The maximum absolute atomic E-state index is 12.5. The van der Waals surface area contributed by atoms with Gasteiger partial charge in [-0.15, -0.1) is 0 Å². The summed E-state index contributed by atoms with van der Waals surface area (Å²) in [5.74, 6) is 0.658. The van der Waals surface area contributed by atoms with Gasteiger partial charge >= 0.3 is 0 Å². The number of fused-ring (bicyclic) bond motifs is 1. The average Bonchev–Trinajstić information content (AvgIpc) is 3.26. The summed E-state index contributed by atoms with van der Waals surface area (Å²) < 4.78 is 18.8. The van der Waals surface area contributed by atoms with Crippen molar-refractivity contribution in [3.8, 4) is 11.5 Å². The van der Waals surface area contributed by atoms with Gasteiger partial charge in [-0.05, 0) is 114 Å². The van der Waals surface area contributed by atoms with Crippen LogP contribution in [0, 0.1) is 6.92 Å². The predicted molar refractivity (Wildman–Crippen MR) is 149 cm³/mol. The zero-order valence-electron chi connectivity index (χ0n) is 21.9. The van der Waals surface area contributed by atoms with E-state index in [9.17, 15) is 14.3 Å². The quantitative estimate of drug-likeness (QED) is 0.392. The number of phenolic OH excluding ortho intramolecular Hbond substituents is 1. The summed E-state index contributed by atoms with van der Waals surface area (Å²) in [6.07, 6.45) is 4.29. The molecule has 6 heteroatoms. The number of rotatable bonds is 8. The number of carbonyl (C=O) groups is 1.